The highest BCUT2D eigenvalue weighted by molar-refractivity contribution is 5.98. The molecule has 1 aromatic carbocycles. The van der Waals surface area contributed by atoms with E-state index in [0.29, 0.717) is 5.96 Å². The first-order valence-corrected chi connectivity index (χ1v) is 6.59. The van der Waals surface area contributed by atoms with Crippen molar-refractivity contribution in [3.8, 4) is 0 Å². The molecule has 1 spiro atoms. The molecule has 0 aliphatic carbocycles. The van der Waals surface area contributed by atoms with Gasteiger partial charge in [-0.05, 0) is 45.0 Å². The number of nitrogens with one attached hydrogen (secondary N) is 1. The second-order valence-corrected chi connectivity index (χ2v) is 5.32. The van der Waals surface area contributed by atoms with Gasteiger partial charge < -0.3 is 16.0 Å². The molecule has 2 aliphatic heterocycles. The first-order valence-electron chi connectivity index (χ1n) is 6.59. The number of hydrogen-bond acceptors (Lipinski definition) is 4. The van der Waals surface area contributed by atoms with Gasteiger partial charge in [-0.25, -0.2) is 0 Å². The first kappa shape index (κ1) is 11.5. The van der Waals surface area contributed by atoms with Crippen LogP contribution in [-0.4, -0.2) is 31.1 Å². The first-order chi connectivity index (χ1) is 8.71. The molecule has 0 amide bonds. The Morgan fingerprint density at radius 3 is 2.56 bits per heavy atom. The summed E-state index contributed by atoms with van der Waals surface area (Å²) in [5.41, 5.74) is 8.65. The number of piperidine rings is 1. The van der Waals surface area contributed by atoms with Crippen molar-refractivity contribution in [2.75, 3.05) is 24.5 Å². The average Bonchev–Trinajstić information content (AvgIpc) is 2.69. The van der Waals surface area contributed by atoms with E-state index in [1.807, 2.05) is 0 Å². The Morgan fingerprint density at radius 2 is 1.89 bits per heavy atom. The molecule has 0 aromatic heterocycles. The maximum absolute atomic E-state index is 6.11. The summed E-state index contributed by atoms with van der Waals surface area (Å²) in [5, 5.41) is 3.41. The van der Waals surface area contributed by atoms with Crippen molar-refractivity contribution in [3.63, 3.8) is 0 Å². The molecule has 0 saturated carbocycles. The number of nitrogens with two attached hydrogens (primary N) is 1. The molecular weight excluding hydrogens is 224 g/mol. The van der Waals surface area contributed by atoms with Crippen LogP contribution in [0, 0.1) is 6.92 Å². The monoisotopic (exact) mass is 244 g/mol. The largest absolute Gasteiger partial charge is 0.369 e. The van der Waals surface area contributed by atoms with Gasteiger partial charge in [-0.2, -0.15) is 0 Å². The van der Waals surface area contributed by atoms with Crippen molar-refractivity contribution in [2.24, 2.45) is 10.7 Å². The molecule has 2 heterocycles. The van der Waals surface area contributed by atoms with Crippen LogP contribution in [0.4, 0.5) is 5.69 Å². The van der Waals surface area contributed by atoms with Crippen LogP contribution in [0.25, 0.3) is 0 Å². The maximum atomic E-state index is 6.11. The van der Waals surface area contributed by atoms with Gasteiger partial charge in [0.1, 0.15) is 0 Å². The van der Waals surface area contributed by atoms with Gasteiger partial charge in [0.05, 0.1) is 12.1 Å². The highest BCUT2D eigenvalue weighted by Gasteiger charge is 2.43. The molecule has 1 saturated heterocycles. The van der Waals surface area contributed by atoms with Crippen molar-refractivity contribution in [2.45, 2.75) is 25.3 Å². The van der Waals surface area contributed by atoms with Gasteiger partial charge >= 0.3 is 0 Å². The summed E-state index contributed by atoms with van der Waals surface area (Å²) in [6.07, 6.45) is 2.20. The summed E-state index contributed by atoms with van der Waals surface area (Å²) in [4.78, 5) is 6.73. The Hall–Kier alpha value is -1.55. The van der Waals surface area contributed by atoms with E-state index in [9.17, 15) is 0 Å². The predicted octanol–water partition coefficient (Wildman–Crippen LogP) is 1.25. The van der Waals surface area contributed by atoms with Crippen molar-refractivity contribution in [1.29, 1.82) is 0 Å². The molecule has 0 atom stereocenters. The van der Waals surface area contributed by atoms with Crippen LogP contribution in [0.5, 0.6) is 0 Å². The minimum absolute atomic E-state index is 0.102. The van der Waals surface area contributed by atoms with E-state index < -0.39 is 0 Å². The molecule has 1 aromatic rings. The minimum Gasteiger partial charge on any atom is -0.369 e. The van der Waals surface area contributed by atoms with Crippen LogP contribution in [0.2, 0.25) is 0 Å². The summed E-state index contributed by atoms with van der Waals surface area (Å²) >= 11 is 0. The molecule has 4 nitrogen and oxygen atoms in total. The fraction of sp³-hybridized carbons (Fsp3) is 0.500. The Kier molecular flexibility index (Phi) is 2.74. The lowest BCUT2D eigenvalue weighted by Crippen LogP contribution is -2.57. The normalized spacial score (nSPS) is 22.3. The van der Waals surface area contributed by atoms with Crippen molar-refractivity contribution < 1.29 is 0 Å². The molecule has 18 heavy (non-hydrogen) atoms. The zero-order chi connectivity index (χ0) is 12.6. The lowest BCUT2D eigenvalue weighted by atomic mass is 9.87. The predicted molar refractivity (Wildman–Crippen MR) is 75.0 cm³/mol. The van der Waals surface area contributed by atoms with Crippen molar-refractivity contribution in [3.05, 3.63) is 29.8 Å². The van der Waals surface area contributed by atoms with Crippen molar-refractivity contribution in [1.82, 2.24) is 5.32 Å². The zero-order valence-corrected chi connectivity index (χ0v) is 10.8. The summed E-state index contributed by atoms with van der Waals surface area (Å²) in [6.45, 7) is 5.02. The topological polar surface area (TPSA) is 53.6 Å². The van der Waals surface area contributed by atoms with E-state index in [4.69, 9.17) is 5.73 Å². The SMILES string of the molecule is Cc1ccc(N2C(N)=NCC23CCNCC3)cc1. The molecule has 1 fully saturated rings. The highest BCUT2D eigenvalue weighted by Crippen LogP contribution is 2.35. The van der Waals surface area contributed by atoms with Crippen LogP contribution in [0.1, 0.15) is 18.4 Å². The van der Waals surface area contributed by atoms with Gasteiger partial charge in [-0.3, -0.25) is 4.99 Å². The summed E-state index contributed by atoms with van der Waals surface area (Å²) in [5.74, 6) is 0.667. The molecule has 0 unspecified atom stereocenters. The maximum Gasteiger partial charge on any atom is 0.196 e. The van der Waals surface area contributed by atoms with E-state index in [1.54, 1.807) is 0 Å². The van der Waals surface area contributed by atoms with Gasteiger partial charge in [-0.15, -0.1) is 0 Å². The Labute approximate surface area is 108 Å². The third-order valence-electron chi connectivity index (χ3n) is 4.07. The highest BCUT2D eigenvalue weighted by atomic mass is 15.4. The Balaban J connectivity index is 1.96. The molecule has 3 rings (SSSR count). The van der Waals surface area contributed by atoms with Crippen LogP contribution >= 0.6 is 0 Å². The third-order valence-corrected chi connectivity index (χ3v) is 4.07. The number of hydrogen-bond donors (Lipinski definition) is 2. The van der Waals surface area contributed by atoms with Crippen LogP contribution < -0.4 is 16.0 Å². The number of aryl methyl sites for hydroxylation is 1. The zero-order valence-electron chi connectivity index (χ0n) is 10.8. The average molecular weight is 244 g/mol. The lowest BCUT2D eigenvalue weighted by molar-refractivity contribution is 0.332. The van der Waals surface area contributed by atoms with E-state index in [2.05, 4.69) is 46.4 Å². The van der Waals surface area contributed by atoms with Crippen LogP contribution in [-0.2, 0) is 0 Å². The number of nitrogens with zero attached hydrogens (tertiary/aromatic N) is 2. The standard InChI is InChI=1S/C14H20N4/c1-11-2-4-12(5-3-11)18-13(15)17-10-14(18)6-8-16-9-7-14/h2-5,16H,6-10H2,1H3,(H2,15,17). The number of rotatable bonds is 1. The number of anilines is 1. The second kappa shape index (κ2) is 4.28. The number of benzene rings is 1. The molecule has 0 bridgehead atoms. The van der Waals surface area contributed by atoms with Gasteiger partial charge in [0.15, 0.2) is 5.96 Å². The lowest BCUT2D eigenvalue weighted by Gasteiger charge is -2.42. The second-order valence-electron chi connectivity index (χ2n) is 5.32. The molecule has 2 aliphatic rings. The van der Waals surface area contributed by atoms with Gasteiger partial charge in [-0.1, -0.05) is 17.7 Å². The number of aliphatic imine (C=N–C) groups is 1. The smallest absolute Gasteiger partial charge is 0.196 e. The van der Waals surface area contributed by atoms with Gasteiger partial charge in [0.2, 0.25) is 0 Å². The molecule has 3 N–H and O–H groups in total. The summed E-state index contributed by atoms with van der Waals surface area (Å²) < 4.78 is 0. The minimum atomic E-state index is 0.102. The fourth-order valence-electron chi connectivity index (χ4n) is 2.99. The Morgan fingerprint density at radius 1 is 1.22 bits per heavy atom. The Bertz CT molecular complexity index is 457. The number of guanidine groups is 1. The summed E-state index contributed by atoms with van der Waals surface area (Å²) in [7, 11) is 0. The van der Waals surface area contributed by atoms with Crippen molar-refractivity contribution >= 4 is 11.6 Å². The van der Waals surface area contributed by atoms with Gasteiger partial charge in [0, 0.05) is 5.69 Å². The molecule has 0 radical (unpaired) electrons. The quantitative estimate of drug-likeness (QED) is 0.782. The molecule has 4 heteroatoms. The molecular formula is C14H20N4. The van der Waals surface area contributed by atoms with E-state index in [0.717, 1.165) is 32.5 Å². The van der Waals surface area contributed by atoms with E-state index in [1.165, 1.54) is 11.3 Å². The molecule has 96 valence electrons. The fourth-order valence-corrected chi connectivity index (χ4v) is 2.99. The van der Waals surface area contributed by atoms with E-state index >= 15 is 0 Å². The van der Waals surface area contributed by atoms with E-state index in [-0.39, 0.29) is 5.54 Å². The summed E-state index contributed by atoms with van der Waals surface area (Å²) in [6, 6.07) is 8.56. The van der Waals surface area contributed by atoms with Crippen LogP contribution in [0.15, 0.2) is 29.3 Å². The van der Waals surface area contributed by atoms with Gasteiger partial charge in [0.25, 0.3) is 0 Å². The van der Waals surface area contributed by atoms with Crippen LogP contribution in [0.3, 0.4) is 0 Å². The third kappa shape index (κ3) is 1.77.